The molecule has 0 spiro atoms. The lowest BCUT2D eigenvalue weighted by atomic mass is 10.0. The lowest BCUT2D eigenvalue weighted by Crippen LogP contribution is -2.30. The van der Waals surface area contributed by atoms with Crippen LogP contribution in [0, 0.1) is 0 Å². The molecule has 128 valence electrons. The van der Waals surface area contributed by atoms with Crippen LogP contribution in [0.5, 0.6) is 5.75 Å². The maximum atomic E-state index is 13.0. The summed E-state index contributed by atoms with van der Waals surface area (Å²) < 4.78 is 6.50. The SMILES string of the molecule is CCOc1ccc(C2CCCN2C(=O)c2nc3cnccc3s2)cc1. The number of thiazole rings is 1. The van der Waals surface area contributed by atoms with Gasteiger partial charge in [-0.25, -0.2) is 4.98 Å². The Kier molecular flexibility index (Phi) is 4.36. The van der Waals surface area contributed by atoms with Crippen LogP contribution in [0.1, 0.15) is 41.2 Å². The number of likely N-dealkylation sites (tertiary alicyclic amines) is 1. The highest BCUT2D eigenvalue weighted by Gasteiger charge is 2.32. The minimum atomic E-state index is 0.0117. The van der Waals surface area contributed by atoms with Crippen LogP contribution in [0.2, 0.25) is 0 Å². The van der Waals surface area contributed by atoms with E-state index in [9.17, 15) is 4.79 Å². The Morgan fingerprint density at radius 1 is 1.32 bits per heavy atom. The zero-order valence-electron chi connectivity index (χ0n) is 14.0. The molecule has 6 heteroatoms. The molecule has 3 aromatic rings. The molecule has 1 amide bonds. The Morgan fingerprint density at radius 3 is 2.92 bits per heavy atom. The Hall–Kier alpha value is -2.47. The zero-order valence-corrected chi connectivity index (χ0v) is 14.8. The number of hydrogen-bond donors (Lipinski definition) is 0. The summed E-state index contributed by atoms with van der Waals surface area (Å²) in [5.74, 6) is 0.874. The lowest BCUT2D eigenvalue weighted by Gasteiger charge is -2.24. The van der Waals surface area contributed by atoms with Gasteiger partial charge >= 0.3 is 0 Å². The molecule has 5 nitrogen and oxygen atoms in total. The quantitative estimate of drug-likeness (QED) is 0.709. The van der Waals surface area contributed by atoms with Gasteiger partial charge in [0.2, 0.25) is 0 Å². The van der Waals surface area contributed by atoms with Crippen molar-refractivity contribution in [1.82, 2.24) is 14.9 Å². The van der Waals surface area contributed by atoms with Crippen LogP contribution >= 0.6 is 11.3 Å². The highest BCUT2D eigenvalue weighted by molar-refractivity contribution is 7.20. The van der Waals surface area contributed by atoms with E-state index in [1.807, 2.05) is 30.0 Å². The van der Waals surface area contributed by atoms with Gasteiger partial charge in [0.05, 0.1) is 23.5 Å². The Labute approximate surface area is 150 Å². The monoisotopic (exact) mass is 353 g/mol. The molecule has 25 heavy (non-hydrogen) atoms. The van der Waals surface area contributed by atoms with E-state index in [0.29, 0.717) is 11.6 Å². The van der Waals surface area contributed by atoms with E-state index in [2.05, 4.69) is 22.1 Å². The van der Waals surface area contributed by atoms with Gasteiger partial charge in [-0.15, -0.1) is 11.3 Å². The fraction of sp³-hybridized carbons (Fsp3) is 0.316. The highest BCUT2D eigenvalue weighted by Crippen LogP contribution is 2.35. The number of aromatic nitrogens is 2. The number of nitrogens with zero attached hydrogens (tertiary/aromatic N) is 3. The van der Waals surface area contributed by atoms with Crippen LogP contribution in [-0.2, 0) is 0 Å². The van der Waals surface area contributed by atoms with Crippen LogP contribution in [0.25, 0.3) is 10.2 Å². The second kappa shape index (κ2) is 6.80. The van der Waals surface area contributed by atoms with Crippen LogP contribution in [0.15, 0.2) is 42.7 Å². The summed E-state index contributed by atoms with van der Waals surface area (Å²) >= 11 is 1.44. The number of hydrogen-bond acceptors (Lipinski definition) is 5. The van der Waals surface area contributed by atoms with E-state index >= 15 is 0 Å². The van der Waals surface area contributed by atoms with Gasteiger partial charge in [0.15, 0.2) is 5.01 Å². The maximum Gasteiger partial charge on any atom is 0.283 e. The van der Waals surface area contributed by atoms with Crippen molar-refractivity contribution in [2.45, 2.75) is 25.8 Å². The van der Waals surface area contributed by atoms with E-state index in [-0.39, 0.29) is 11.9 Å². The van der Waals surface area contributed by atoms with Crippen LogP contribution < -0.4 is 4.74 Å². The van der Waals surface area contributed by atoms with Crippen molar-refractivity contribution in [3.63, 3.8) is 0 Å². The van der Waals surface area contributed by atoms with Gasteiger partial charge < -0.3 is 9.64 Å². The molecule has 0 aliphatic carbocycles. The van der Waals surface area contributed by atoms with Gasteiger partial charge in [0.25, 0.3) is 5.91 Å². The number of amides is 1. The van der Waals surface area contributed by atoms with Crippen LogP contribution in [0.3, 0.4) is 0 Å². The number of fused-ring (bicyclic) bond motifs is 1. The number of carbonyl (C=O) groups is 1. The molecule has 1 aromatic carbocycles. The minimum Gasteiger partial charge on any atom is -0.494 e. The van der Waals surface area contributed by atoms with Gasteiger partial charge in [-0.3, -0.25) is 9.78 Å². The largest absolute Gasteiger partial charge is 0.494 e. The zero-order chi connectivity index (χ0) is 17.2. The van der Waals surface area contributed by atoms with Crippen LogP contribution in [0.4, 0.5) is 0 Å². The van der Waals surface area contributed by atoms with E-state index in [4.69, 9.17) is 4.74 Å². The predicted octanol–water partition coefficient (Wildman–Crippen LogP) is 4.07. The smallest absolute Gasteiger partial charge is 0.283 e. The molecule has 0 saturated carbocycles. The minimum absolute atomic E-state index is 0.0117. The van der Waals surface area contributed by atoms with Crippen molar-refractivity contribution < 1.29 is 9.53 Å². The summed E-state index contributed by atoms with van der Waals surface area (Å²) in [5, 5.41) is 0.542. The highest BCUT2D eigenvalue weighted by atomic mass is 32.1. The topological polar surface area (TPSA) is 55.3 Å². The van der Waals surface area contributed by atoms with Gasteiger partial charge in [0.1, 0.15) is 11.3 Å². The van der Waals surface area contributed by atoms with E-state index in [1.165, 1.54) is 11.3 Å². The summed E-state index contributed by atoms with van der Waals surface area (Å²) in [6.45, 7) is 3.39. The van der Waals surface area contributed by atoms with Gasteiger partial charge in [-0.05, 0) is 43.5 Å². The van der Waals surface area contributed by atoms with Gasteiger partial charge in [0, 0.05) is 12.7 Å². The molecule has 0 bridgehead atoms. The van der Waals surface area contributed by atoms with E-state index in [1.54, 1.807) is 12.4 Å². The molecule has 1 aliphatic heterocycles. The summed E-state index contributed by atoms with van der Waals surface area (Å²) in [5.41, 5.74) is 1.93. The first-order valence-electron chi connectivity index (χ1n) is 8.50. The second-order valence-electron chi connectivity index (χ2n) is 6.02. The molecule has 1 atom stereocenters. The van der Waals surface area contributed by atoms with Gasteiger partial charge in [-0.2, -0.15) is 0 Å². The number of pyridine rings is 1. The number of benzene rings is 1. The lowest BCUT2D eigenvalue weighted by molar-refractivity contribution is 0.0735. The van der Waals surface area contributed by atoms with Crippen molar-refractivity contribution in [2.24, 2.45) is 0 Å². The van der Waals surface area contributed by atoms with E-state index in [0.717, 1.165) is 40.9 Å². The third-order valence-corrected chi connectivity index (χ3v) is 5.49. The predicted molar refractivity (Wildman–Crippen MR) is 98.0 cm³/mol. The summed E-state index contributed by atoms with van der Waals surface area (Å²) in [4.78, 5) is 23.5. The summed E-state index contributed by atoms with van der Waals surface area (Å²) in [6.07, 6.45) is 5.42. The average Bonchev–Trinajstić information content (AvgIpc) is 3.29. The number of ether oxygens (including phenoxy) is 1. The molecular weight excluding hydrogens is 334 g/mol. The first kappa shape index (κ1) is 16.0. The van der Waals surface area contributed by atoms with Crippen molar-refractivity contribution in [2.75, 3.05) is 13.2 Å². The third kappa shape index (κ3) is 3.09. The van der Waals surface area contributed by atoms with Crippen molar-refractivity contribution >= 4 is 27.5 Å². The molecule has 4 rings (SSSR count). The first-order valence-corrected chi connectivity index (χ1v) is 9.32. The Morgan fingerprint density at radius 2 is 2.16 bits per heavy atom. The van der Waals surface area contributed by atoms with E-state index < -0.39 is 0 Å². The van der Waals surface area contributed by atoms with Crippen molar-refractivity contribution in [3.05, 3.63) is 53.3 Å². The molecule has 1 fully saturated rings. The van der Waals surface area contributed by atoms with Gasteiger partial charge in [-0.1, -0.05) is 12.1 Å². The Bertz CT molecular complexity index is 858. The number of carbonyl (C=O) groups excluding carboxylic acids is 1. The number of rotatable bonds is 4. The standard InChI is InChI=1S/C19H19N3O2S/c1-2-24-14-7-5-13(6-8-14)16-4-3-11-22(16)19(23)18-21-15-12-20-10-9-17(15)25-18/h5-10,12,16H,2-4,11H2,1H3. The molecule has 0 radical (unpaired) electrons. The molecule has 1 unspecified atom stereocenters. The normalized spacial score (nSPS) is 17.2. The molecule has 1 aliphatic rings. The van der Waals surface area contributed by atoms with Crippen molar-refractivity contribution in [3.8, 4) is 5.75 Å². The molecular formula is C19H19N3O2S. The Balaban J connectivity index is 1.58. The first-order chi connectivity index (χ1) is 12.3. The maximum absolute atomic E-state index is 13.0. The molecule has 0 N–H and O–H groups in total. The molecule has 2 aromatic heterocycles. The summed E-state index contributed by atoms with van der Waals surface area (Å²) in [6, 6.07) is 10.1. The molecule has 3 heterocycles. The second-order valence-corrected chi connectivity index (χ2v) is 7.05. The molecule has 1 saturated heterocycles. The van der Waals surface area contributed by atoms with Crippen molar-refractivity contribution in [1.29, 1.82) is 0 Å². The average molecular weight is 353 g/mol. The fourth-order valence-corrected chi connectivity index (χ4v) is 4.19. The van der Waals surface area contributed by atoms with Crippen LogP contribution in [-0.4, -0.2) is 33.9 Å². The summed E-state index contributed by atoms with van der Waals surface area (Å²) in [7, 11) is 0. The third-order valence-electron chi connectivity index (χ3n) is 4.46. The fourth-order valence-electron chi connectivity index (χ4n) is 3.30.